The van der Waals surface area contributed by atoms with E-state index >= 15 is 0 Å². The fraction of sp³-hybridized carbons (Fsp3) is 0.519. The Kier molecular flexibility index (Phi) is 10.0. The van der Waals surface area contributed by atoms with Crippen molar-refractivity contribution in [1.82, 2.24) is 9.97 Å². The summed E-state index contributed by atoms with van der Waals surface area (Å²) in [6, 6.07) is 5.81. The molecule has 0 aliphatic carbocycles. The van der Waals surface area contributed by atoms with E-state index < -0.39 is 36.2 Å². The van der Waals surface area contributed by atoms with Crippen molar-refractivity contribution >= 4 is 36.3 Å². The molecule has 8 nitrogen and oxygen atoms in total. The molecule has 38 heavy (non-hydrogen) atoms. The first-order valence-electron chi connectivity index (χ1n) is 12.4. The van der Waals surface area contributed by atoms with Crippen LogP contribution in [0.25, 0.3) is 17.3 Å². The second-order valence-corrected chi connectivity index (χ2v) is 17.9. The summed E-state index contributed by atoms with van der Waals surface area (Å²) in [6.07, 6.45) is 4.16. The van der Waals surface area contributed by atoms with Gasteiger partial charge in [0.25, 0.3) is 0 Å². The van der Waals surface area contributed by atoms with Gasteiger partial charge in [0.15, 0.2) is 8.32 Å². The van der Waals surface area contributed by atoms with Crippen molar-refractivity contribution in [2.24, 2.45) is 0 Å². The Labute approximate surface area is 227 Å². The molecule has 1 heterocycles. The van der Waals surface area contributed by atoms with E-state index in [4.69, 9.17) is 9.16 Å². The lowest BCUT2D eigenvalue weighted by atomic mass is 9.97. The Morgan fingerprint density at radius 3 is 2.21 bits per heavy atom. The van der Waals surface area contributed by atoms with Gasteiger partial charge in [0.1, 0.15) is 11.9 Å². The first-order valence-corrected chi connectivity index (χ1v) is 17.2. The molecule has 11 heteroatoms. The molecule has 0 N–H and O–H groups in total. The van der Waals surface area contributed by atoms with Crippen LogP contribution in [-0.4, -0.2) is 59.2 Å². The van der Waals surface area contributed by atoms with Crippen molar-refractivity contribution in [3.05, 3.63) is 47.4 Å². The summed E-state index contributed by atoms with van der Waals surface area (Å²) in [4.78, 5) is 21.7. The van der Waals surface area contributed by atoms with E-state index in [9.17, 15) is 17.6 Å². The van der Waals surface area contributed by atoms with Crippen molar-refractivity contribution < 1.29 is 26.8 Å². The number of halogens is 1. The molecule has 1 aromatic carbocycles. The van der Waals surface area contributed by atoms with Crippen LogP contribution in [0, 0.1) is 5.82 Å². The normalized spacial score (nSPS) is 13.7. The molecule has 1 unspecified atom stereocenters. The van der Waals surface area contributed by atoms with Gasteiger partial charge in [-0.3, -0.25) is 0 Å². The van der Waals surface area contributed by atoms with Gasteiger partial charge >= 0.3 is 5.97 Å². The summed E-state index contributed by atoms with van der Waals surface area (Å²) >= 11 is 0. The number of aromatic nitrogens is 2. The molecule has 210 valence electrons. The van der Waals surface area contributed by atoms with E-state index in [1.54, 1.807) is 12.1 Å². The van der Waals surface area contributed by atoms with Crippen LogP contribution in [0.3, 0.4) is 0 Å². The number of ether oxygens (including phenoxy) is 1. The molecular formula is C27H40FN3O5SSi. The Hall–Kier alpha value is -2.63. The second-order valence-electron chi connectivity index (χ2n) is 11.1. The van der Waals surface area contributed by atoms with Gasteiger partial charge in [0.05, 0.1) is 24.8 Å². The molecule has 0 amide bonds. The highest BCUT2D eigenvalue weighted by Gasteiger charge is 2.40. The monoisotopic (exact) mass is 565 g/mol. The van der Waals surface area contributed by atoms with Crippen molar-refractivity contribution in [3.8, 4) is 11.3 Å². The highest BCUT2D eigenvalue weighted by molar-refractivity contribution is 7.92. The second kappa shape index (κ2) is 12.0. The number of esters is 1. The first-order chi connectivity index (χ1) is 17.4. The fourth-order valence-electron chi connectivity index (χ4n) is 3.36. The maximum absolute atomic E-state index is 13.7. The van der Waals surface area contributed by atoms with E-state index in [1.807, 2.05) is 26.0 Å². The summed E-state index contributed by atoms with van der Waals surface area (Å²) in [5.74, 6) is -0.935. The largest absolute Gasteiger partial charge is 0.467 e. The summed E-state index contributed by atoms with van der Waals surface area (Å²) in [5.41, 5.74) is 2.31. The van der Waals surface area contributed by atoms with Gasteiger partial charge in [-0.05, 0) is 48.3 Å². The number of rotatable bonds is 10. The minimum Gasteiger partial charge on any atom is -0.467 e. The zero-order chi connectivity index (χ0) is 29.1. The van der Waals surface area contributed by atoms with Crippen LogP contribution in [0.15, 0.2) is 30.3 Å². The molecule has 2 rings (SSSR count). The van der Waals surface area contributed by atoms with E-state index in [0.29, 0.717) is 22.5 Å². The van der Waals surface area contributed by atoms with Gasteiger partial charge in [-0.15, -0.1) is 0 Å². The molecule has 1 aromatic heterocycles. The highest BCUT2D eigenvalue weighted by atomic mass is 32.2. The van der Waals surface area contributed by atoms with Gasteiger partial charge in [0.2, 0.25) is 16.0 Å². The SMILES string of the molecule is COC(=O)C(C/C=C/c1c(-c2ccc(F)cc2)nc(N(C)S(C)(=O)=O)nc1C(C)C)O[Si](C)(C)C(C)(C)C. The molecule has 0 saturated heterocycles. The molecule has 0 aliphatic heterocycles. The van der Waals surface area contributed by atoms with Gasteiger partial charge in [-0.1, -0.05) is 46.8 Å². The fourth-order valence-corrected chi connectivity index (χ4v) is 5.00. The summed E-state index contributed by atoms with van der Waals surface area (Å²) in [5, 5.41) is -0.0984. The van der Waals surface area contributed by atoms with Crippen LogP contribution in [0.2, 0.25) is 18.1 Å². The molecule has 0 saturated carbocycles. The molecule has 0 fully saturated rings. The minimum atomic E-state index is -3.62. The minimum absolute atomic E-state index is 0.0152. The average molecular weight is 566 g/mol. The first kappa shape index (κ1) is 31.6. The molecule has 1 atom stereocenters. The van der Waals surface area contributed by atoms with Gasteiger partial charge < -0.3 is 9.16 Å². The lowest BCUT2D eigenvalue weighted by Crippen LogP contribution is -2.46. The van der Waals surface area contributed by atoms with E-state index in [1.165, 1.54) is 26.3 Å². The smallest absolute Gasteiger partial charge is 0.334 e. The van der Waals surface area contributed by atoms with Crippen molar-refractivity contribution in [3.63, 3.8) is 0 Å². The highest BCUT2D eigenvalue weighted by Crippen LogP contribution is 2.38. The van der Waals surface area contributed by atoms with E-state index in [0.717, 1.165) is 10.6 Å². The third-order valence-electron chi connectivity index (χ3n) is 6.75. The van der Waals surface area contributed by atoms with Gasteiger partial charge in [-0.2, -0.15) is 0 Å². The maximum Gasteiger partial charge on any atom is 0.334 e. The standard InChI is InChI=1S/C27H40FN3O5SSi/c1-18(2)23-21(12-11-13-22(25(32)35-7)36-38(9,10)27(3,4)5)24(19-14-16-20(28)17-15-19)30-26(29-23)31(6)37(8,33)34/h11-12,14-18,22H,13H2,1-10H3/b12-11+. The number of nitrogens with zero attached hydrogens (tertiary/aromatic N) is 3. The molecular weight excluding hydrogens is 525 g/mol. The third kappa shape index (κ3) is 7.70. The number of hydrogen-bond donors (Lipinski definition) is 0. The molecule has 0 bridgehead atoms. The van der Waals surface area contributed by atoms with Crippen molar-refractivity contribution in [1.29, 1.82) is 0 Å². The zero-order valence-electron chi connectivity index (χ0n) is 24.0. The number of methoxy groups -OCH3 is 1. The van der Waals surface area contributed by atoms with E-state index in [-0.39, 0.29) is 23.3 Å². The Morgan fingerprint density at radius 2 is 1.74 bits per heavy atom. The Morgan fingerprint density at radius 1 is 1.16 bits per heavy atom. The van der Waals surface area contributed by atoms with Crippen LogP contribution in [0.1, 0.15) is 58.2 Å². The topological polar surface area (TPSA) is 98.7 Å². The maximum atomic E-state index is 13.7. The molecule has 0 radical (unpaired) electrons. The molecule has 0 aliphatic rings. The van der Waals surface area contributed by atoms with Crippen LogP contribution in [0.4, 0.5) is 10.3 Å². The molecule has 2 aromatic rings. The van der Waals surface area contributed by atoms with Crippen LogP contribution < -0.4 is 4.31 Å². The number of benzene rings is 1. The van der Waals surface area contributed by atoms with Crippen LogP contribution >= 0.6 is 0 Å². The van der Waals surface area contributed by atoms with E-state index in [2.05, 4.69) is 43.8 Å². The predicted octanol–water partition coefficient (Wildman–Crippen LogP) is 5.77. The number of anilines is 1. The summed E-state index contributed by atoms with van der Waals surface area (Å²) in [7, 11) is -3.17. The zero-order valence-corrected chi connectivity index (χ0v) is 25.8. The number of hydrogen-bond acceptors (Lipinski definition) is 7. The number of carbonyl (C=O) groups excluding carboxylic acids is 1. The van der Waals surface area contributed by atoms with Crippen molar-refractivity contribution in [2.45, 2.75) is 71.2 Å². The molecule has 0 spiro atoms. The van der Waals surface area contributed by atoms with Gasteiger partial charge in [0, 0.05) is 24.6 Å². The quantitative estimate of drug-likeness (QED) is 0.266. The summed E-state index contributed by atoms with van der Waals surface area (Å²) in [6.45, 7) is 14.3. The summed E-state index contributed by atoms with van der Waals surface area (Å²) < 4.78 is 50.6. The Balaban J connectivity index is 2.64. The lowest BCUT2D eigenvalue weighted by Gasteiger charge is -2.38. The average Bonchev–Trinajstić information content (AvgIpc) is 2.81. The third-order valence-corrected chi connectivity index (χ3v) is 12.4. The van der Waals surface area contributed by atoms with Gasteiger partial charge in [-0.25, -0.2) is 31.9 Å². The van der Waals surface area contributed by atoms with Crippen molar-refractivity contribution in [2.75, 3.05) is 24.7 Å². The number of sulfonamides is 1. The predicted molar refractivity (Wildman–Crippen MR) is 152 cm³/mol. The van der Waals surface area contributed by atoms with Crippen LogP contribution in [0.5, 0.6) is 0 Å². The van der Waals surface area contributed by atoms with Crippen LogP contribution in [-0.2, 0) is 24.0 Å². The number of carbonyl (C=O) groups is 1. The lowest BCUT2D eigenvalue weighted by molar-refractivity contribution is -0.149. The Bertz CT molecular complexity index is 1270.